The minimum absolute atomic E-state index is 0. The molecule has 84 valence electrons. The summed E-state index contributed by atoms with van der Waals surface area (Å²) in [7, 11) is -4.84. The van der Waals surface area contributed by atoms with E-state index in [2.05, 4.69) is 0 Å². The summed E-state index contributed by atoms with van der Waals surface area (Å²) >= 11 is 0. The molecule has 0 aliphatic carbocycles. The van der Waals surface area contributed by atoms with Crippen molar-refractivity contribution in [2.45, 2.75) is 11.1 Å². The summed E-state index contributed by atoms with van der Waals surface area (Å²) in [5, 5.41) is 0. The fourth-order valence-corrected chi connectivity index (χ4v) is 1.53. The van der Waals surface area contributed by atoms with Gasteiger partial charge in [-0.1, -0.05) is 0 Å². The molecule has 0 aliphatic rings. The predicted octanol–water partition coefficient (Wildman–Crippen LogP) is -1.80. The largest absolute Gasteiger partial charge is 1.00 e. The number of halogens is 3. The Balaban J connectivity index is 0.00000225. The molecule has 1 aromatic carbocycles. The summed E-state index contributed by atoms with van der Waals surface area (Å²) in [6.45, 7) is 0. The summed E-state index contributed by atoms with van der Waals surface area (Å²) in [6, 6.07) is 1.44. The molecule has 0 amide bonds. The fraction of sp³-hybridized carbons (Fsp3) is 0.143. The molecule has 0 fully saturated rings. The molecule has 0 saturated carbocycles. The molecule has 1 rings (SSSR count). The monoisotopic (exact) mass is 279 g/mol. The quantitative estimate of drug-likeness (QED) is 0.373. The molecule has 0 aliphatic heterocycles. The van der Waals surface area contributed by atoms with Gasteiger partial charge in [-0.2, -0.15) is 13.2 Å². The van der Waals surface area contributed by atoms with E-state index in [1.807, 2.05) is 0 Å². The van der Waals surface area contributed by atoms with Crippen LogP contribution in [0.2, 0.25) is 0 Å². The van der Waals surface area contributed by atoms with Gasteiger partial charge < -0.3 is 10.3 Å². The molecule has 0 radical (unpaired) electrons. The molecular formula is C7H5F3KNO3S. The van der Waals surface area contributed by atoms with Crippen LogP contribution >= 0.6 is 0 Å². The fourth-order valence-electron chi connectivity index (χ4n) is 0.952. The van der Waals surface area contributed by atoms with Gasteiger partial charge in [-0.05, 0) is 18.2 Å². The molecule has 16 heavy (non-hydrogen) atoms. The van der Waals surface area contributed by atoms with Crippen molar-refractivity contribution in [1.29, 1.82) is 0 Å². The molecule has 0 saturated heterocycles. The maximum absolute atomic E-state index is 12.1. The molecule has 0 atom stereocenters. The maximum atomic E-state index is 12.1. The summed E-state index contributed by atoms with van der Waals surface area (Å²) in [4.78, 5) is -0.851. The van der Waals surface area contributed by atoms with E-state index in [0.717, 1.165) is 0 Å². The number of hydrogen-bond donors (Lipinski definition) is 1. The number of anilines is 1. The van der Waals surface area contributed by atoms with E-state index >= 15 is 0 Å². The molecule has 1 aromatic rings. The van der Waals surface area contributed by atoms with Crippen molar-refractivity contribution in [2.24, 2.45) is 0 Å². The Labute approximate surface area is 132 Å². The van der Waals surface area contributed by atoms with E-state index in [1.165, 1.54) is 0 Å². The van der Waals surface area contributed by atoms with Crippen LogP contribution < -0.4 is 57.1 Å². The van der Waals surface area contributed by atoms with E-state index < -0.39 is 32.4 Å². The average molecular weight is 279 g/mol. The van der Waals surface area contributed by atoms with Crippen LogP contribution in [0.4, 0.5) is 18.9 Å². The minimum Gasteiger partial charge on any atom is -0.744 e. The molecule has 2 N–H and O–H groups in total. The van der Waals surface area contributed by atoms with Crippen molar-refractivity contribution in [3.63, 3.8) is 0 Å². The predicted molar refractivity (Wildman–Crippen MR) is 43.8 cm³/mol. The Bertz CT molecular complexity index is 486. The van der Waals surface area contributed by atoms with Crippen molar-refractivity contribution in [3.8, 4) is 0 Å². The number of hydrogen-bond acceptors (Lipinski definition) is 4. The second-order valence-corrected chi connectivity index (χ2v) is 4.05. The molecule has 9 heteroatoms. The smallest absolute Gasteiger partial charge is 0.744 e. The Hall–Kier alpha value is 0.356. The average Bonchev–Trinajstić information content (AvgIpc) is 1.99. The standard InChI is InChI=1S/C7H6F3NO3S.K/c8-7(9,10)4-1-2-6(5(11)3-4)15(12,13)14;/h1-3H,11H2,(H,12,13,14);/q;+1/p-1. The number of nitrogen functional groups attached to an aromatic ring is 1. The minimum atomic E-state index is -4.84. The number of nitrogens with two attached hydrogens (primary N) is 1. The summed E-state index contributed by atoms with van der Waals surface area (Å²) in [5.74, 6) is 0. The van der Waals surface area contributed by atoms with Gasteiger partial charge in [0.1, 0.15) is 10.1 Å². The van der Waals surface area contributed by atoms with Crippen molar-refractivity contribution in [1.82, 2.24) is 0 Å². The van der Waals surface area contributed by atoms with Gasteiger partial charge in [0.05, 0.1) is 10.5 Å². The van der Waals surface area contributed by atoms with Crippen LogP contribution in [-0.2, 0) is 16.3 Å². The maximum Gasteiger partial charge on any atom is 1.00 e. The Kier molecular flexibility index (Phi) is 5.45. The first kappa shape index (κ1) is 16.4. The van der Waals surface area contributed by atoms with Gasteiger partial charge in [0, 0.05) is 5.69 Å². The van der Waals surface area contributed by atoms with Crippen molar-refractivity contribution in [2.75, 3.05) is 5.73 Å². The SMILES string of the molecule is Nc1cc(C(F)(F)F)ccc1S(=O)(=O)[O-].[K+]. The summed E-state index contributed by atoms with van der Waals surface area (Å²) < 4.78 is 67.8. The van der Waals surface area contributed by atoms with Crippen LogP contribution in [0.15, 0.2) is 23.1 Å². The van der Waals surface area contributed by atoms with E-state index in [1.54, 1.807) is 0 Å². The molecular weight excluding hydrogens is 274 g/mol. The van der Waals surface area contributed by atoms with Gasteiger partial charge in [0.25, 0.3) is 0 Å². The molecule has 4 nitrogen and oxygen atoms in total. The normalized spacial score (nSPS) is 12.0. The Morgan fingerprint density at radius 2 is 1.75 bits per heavy atom. The van der Waals surface area contributed by atoms with Gasteiger partial charge in [0.2, 0.25) is 0 Å². The number of rotatable bonds is 1. The zero-order valence-electron chi connectivity index (χ0n) is 8.08. The molecule has 0 aromatic heterocycles. The Morgan fingerprint density at radius 1 is 1.25 bits per heavy atom. The first-order valence-electron chi connectivity index (χ1n) is 3.55. The first-order valence-corrected chi connectivity index (χ1v) is 4.96. The van der Waals surface area contributed by atoms with Gasteiger partial charge in [-0.3, -0.25) is 0 Å². The molecule has 0 bridgehead atoms. The van der Waals surface area contributed by atoms with Crippen LogP contribution in [-0.4, -0.2) is 13.0 Å². The third kappa shape index (κ3) is 3.98. The summed E-state index contributed by atoms with van der Waals surface area (Å²) in [6.07, 6.45) is -4.63. The van der Waals surface area contributed by atoms with Crippen LogP contribution in [0.3, 0.4) is 0 Å². The third-order valence-corrected chi connectivity index (χ3v) is 2.52. The first-order chi connectivity index (χ1) is 6.62. The summed E-state index contributed by atoms with van der Waals surface area (Å²) in [5.41, 5.74) is 3.21. The zero-order valence-corrected chi connectivity index (χ0v) is 12.0. The second kappa shape index (κ2) is 5.34. The van der Waals surface area contributed by atoms with Gasteiger partial charge >= 0.3 is 57.6 Å². The van der Waals surface area contributed by atoms with Gasteiger partial charge in [-0.15, -0.1) is 0 Å². The Morgan fingerprint density at radius 3 is 2.06 bits per heavy atom. The van der Waals surface area contributed by atoms with Crippen molar-refractivity contribution >= 4 is 15.8 Å². The van der Waals surface area contributed by atoms with Crippen molar-refractivity contribution < 1.29 is 77.5 Å². The van der Waals surface area contributed by atoms with Crippen LogP contribution in [0.5, 0.6) is 0 Å². The van der Waals surface area contributed by atoms with E-state index in [-0.39, 0.29) is 51.4 Å². The van der Waals surface area contributed by atoms with E-state index in [9.17, 15) is 26.1 Å². The van der Waals surface area contributed by atoms with Crippen LogP contribution in [0.1, 0.15) is 5.56 Å². The van der Waals surface area contributed by atoms with E-state index in [4.69, 9.17) is 5.73 Å². The number of alkyl halides is 3. The van der Waals surface area contributed by atoms with Gasteiger partial charge in [-0.25, -0.2) is 8.42 Å². The van der Waals surface area contributed by atoms with Crippen LogP contribution in [0.25, 0.3) is 0 Å². The molecule has 0 spiro atoms. The zero-order chi connectivity index (χ0) is 11.9. The van der Waals surface area contributed by atoms with Crippen LogP contribution in [0, 0.1) is 0 Å². The van der Waals surface area contributed by atoms with E-state index in [0.29, 0.717) is 18.2 Å². The molecule has 0 unspecified atom stereocenters. The topological polar surface area (TPSA) is 83.2 Å². The number of benzene rings is 1. The third-order valence-electron chi connectivity index (χ3n) is 1.61. The molecule has 0 heterocycles. The second-order valence-electron chi connectivity index (χ2n) is 2.70. The van der Waals surface area contributed by atoms with Crippen molar-refractivity contribution in [3.05, 3.63) is 23.8 Å². The van der Waals surface area contributed by atoms with Gasteiger partial charge in [0.15, 0.2) is 0 Å².